The fourth-order valence-corrected chi connectivity index (χ4v) is 6.30. The summed E-state index contributed by atoms with van der Waals surface area (Å²) >= 11 is 0. The van der Waals surface area contributed by atoms with E-state index >= 15 is 0 Å². The molecule has 2 aromatic rings. The van der Waals surface area contributed by atoms with Crippen molar-refractivity contribution in [3.8, 4) is 5.75 Å². The fraction of sp³-hybridized carbons (Fsp3) is 0.393. The van der Waals surface area contributed by atoms with Crippen LogP contribution in [0, 0.1) is 17.8 Å². The van der Waals surface area contributed by atoms with E-state index in [0.717, 1.165) is 11.3 Å². The fourth-order valence-electron chi connectivity index (χ4n) is 6.30. The number of aliphatic hydroxyl groups excluding tert-OH is 2. The average Bonchev–Trinajstić information content (AvgIpc) is 2.86. The molecular weight excluding hydrogens is 490 g/mol. The van der Waals surface area contributed by atoms with E-state index in [0.29, 0.717) is 17.8 Å². The largest absolute Gasteiger partial charge is 0.507 e. The Balaban J connectivity index is 1.61. The number of carbonyl (C=O) groups is 3. The minimum absolute atomic E-state index is 0.0585. The van der Waals surface area contributed by atoms with Crippen LogP contribution in [0.4, 0.5) is 11.4 Å². The molecule has 3 aliphatic rings. The van der Waals surface area contributed by atoms with Gasteiger partial charge in [0.1, 0.15) is 17.4 Å². The summed E-state index contributed by atoms with van der Waals surface area (Å²) in [6, 6.07) is 11.3. The van der Waals surface area contributed by atoms with Gasteiger partial charge in [0.15, 0.2) is 11.4 Å². The number of hydrogen-bond donors (Lipinski definition) is 6. The van der Waals surface area contributed by atoms with Gasteiger partial charge < -0.3 is 36.4 Å². The van der Waals surface area contributed by atoms with Crippen LogP contribution in [0.15, 0.2) is 42.0 Å². The highest BCUT2D eigenvalue weighted by atomic mass is 16.3. The van der Waals surface area contributed by atoms with Crippen molar-refractivity contribution in [2.24, 2.45) is 23.5 Å². The molecule has 0 aromatic heterocycles. The number of primary amides is 1. The Morgan fingerprint density at radius 3 is 2.47 bits per heavy atom. The zero-order valence-corrected chi connectivity index (χ0v) is 21.1. The summed E-state index contributed by atoms with van der Waals surface area (Å²) < 4.78 is 0. The lowest BCUT2D eigenvalue weighted by Crippen LogP contribution is -2.66. The Labute approximate surface area is 219 Å². The van der Waals surface area contributed by atoms with E-state index in [2.05, 4.69) is 5.32 Å². The lowest BCUT2D eigenvalue weighted by molar-refractivity contribution is -0.174. The van der Waals surface area contributed by atoms with Gasteiger partial charge in [-0.25, -0.2) is 0 Å². The Morgan fingerprint density at radius 1 is 1.16 bits per heavy atom. The molecule has 5 rings (SSSR count). The molecule has 10 heteroatoms. The third kappa shape index (κ3) is 3.74. The minimum Gasteiger partial charge on any atom is -0.507 e. The van der Waals surface area contributed by atoms with E-state index in [9.17, 15) is 34.8 Å². The first-order valence-electron chi connectivity index (χ1n) is 12.5. The average molecular weight is 522 g/mol. The summed E-state index contributed by atoms with van der Waals surface area (Å²) in [5.74, 6) is -7.29. The molecule has 0 heterocycles. The highest BCUT2D eigenvalue weighted by Gasteiger charge is 2.64. The van der Waals surface area contributed by atoms with Crippen molar-refractivity contribution in [3.63, 3.8) is 0 Å². The number of nitrogens with one attached hydrogen (secondary N) is 1. The Bertz CT molecular complexity index is 1370. The van der Waals surface area contributed by atoms with Crippen LogP contribution in [0.2, 0.25) is 0 Å². The van der Waals surface area contributed by atoms with E-state index in [4.69, 9.17) is 5.73 Å². The van der Waals surface area contributed by atoms with Crippen LogP contribution in [0.25, 0.3) is 5.76 Å². The van der Waals surface area contributed by atoms with Gasteiger partial charge >= 0.3 is 0 Å². The van der Waals surface area contributed by atoms with Crippen molar-refractivity contribution in [2.75, 3.05) is 24.3 Å². The summed E-state index contributed by atoms with van der Waals surface area (Å²) in [5.41, 5.74) is 5.26. The zero-order chi connectivity index (χ0) is 27.5. The predicted octanol–water partition coefficient (Wildman–Crippen LogP) is 1.27. The van der Waals surface area contributed by atoms with Gasteiger partial charge in [0.05, 0.1) is 17.4 Å². The first-order chi connectivity index (χ1) is 18.0. The molecule has 2 unspecified atom stereocenters. The van der Waals surface area contributed by atoms with Gasteiger partial charge in [-0.1, -0.05) is 30.3 Å². The third-order valence-electron chi connectivity index (χ3n) is 8.17. The summed E-state index contributed by atoms with van der Waals surface area (Å²) in [7, 11) is 3.66. The molecule has 200 valence electrons. The maximum Gasteiger partial charge on any atom is 0.230 e. The van der Waals surface area contributed by atoms with Crippen molar-refractivity contribution in [3.05, 3.63) is 58.7 Å². The molecule has 0 aliphatic heterocycles. The monoisotopic (exact) mass is 521 g/mol. The van der Waals surface area contributed by atoms with Crippen LogP contribution in [-0.2, 0) is 27.3 Å². The summed E-state index contributed by atoms with van der Waals surface area (Å²) in [4.78, 5) is 40.6. The number of phenols is 1. The van der Waals surface area contributed by atoms with Crippen LogP contribution in [0.5, 0.6) is 5.75 Å². The molecule has 7 N–H and O–H groups in total. The van der Waals surface area contributed by atoms with Crippen molar-refractivity contribution < 1.29 is 34.8 Å². The molecule has 2 fully saturated rings. The van der Waals surface area contributed by atoms with Crippen molar-refractivity contribution in [2.45, 2.75) is 37.5 Å². The second-order valence-electron chi connectivity index (χ2n) is 10.6. The molecule has 3 aliphatic carbocycles. The number of nitrogens with zero attached hydrogens (tertiary/aromatic N) is 1. The third-order valence-corrected chi connectivity index (χ3v) is 8.17. The molecule has 0 saturated heterocycles. The normalized spacial score (nSPS) is 28.3. The first kappa shape index (κ1) is 25.7. The van der Waals surface area contributed by atoms with E-state index < -0.39 is 52.7 Å². The molecule has 0 spiro atoms. The van der Waals surface area contributed by atoms with Crippen LogP contribution in [0.3, 0.4) is 0 Å². The lowest BCUT2D eigenvalue weighted by atomic mass is 9.56. The molecule has 2 saturated carbocycles. The predicted molar refractivity (Wildman–Crippen MR) is 139 cm³/mol. The van der Waals surface area contributed by atoms with Gasteiger partial charge in [-0.3, -0.25) is 14.4 Å². The van der Waals surface area contributed by atoms with Crippen molar-refractivity contribution in [1.29, 1.82) is 0 Å². The van der Waals surface area contributed by atoms with Gasteiger partial charge in [-0.05, 0) is 42.4 Å². The SMILES string of the molecule is CN(C)c1cc(NCc2ccccc2)c(O)c2c1C[C@H]1C[C@H]3CC(O)C(C(N)=O)C(=O)[C@@]3(O)C(=O)C1=C2O. The van der Waals surface area contributed by atoms with Crippen LogP contribution in [0.1, 0.15) is 29.5 Å². The van der Waals surface area contributed by atoms with E-state index in [1.165, 1.54) is 0 Å². The highest BCUT2D eigenvalue weighted by molar-refractivity contribution is 6.24. The first-order valence-corrected chi connectivity index (χ1v) is 12.5. The summed E-state index contributed by atoms with van der Waals surface area (Å²) in [6.45, 7) is 0.395. The lowest BCUT2D eigenvalue weighted by Gasteiger charge is -2.48. The number of nitrogens with two attached hydrogens (primary N) is 1. The zero-order valence-electron chi connectivity index (χ0n) is 21.1. The van der Waals surface area contributed by atoms with Crippen molar-refractivity contribution >= 4 is 34.6 Å². The molecule has 5 atom stereocenters. The highest BCUT2D eigenvalue weighted by Crippen LogP contribution is 2.53. The second kappa shape index (κ2) is 9.14. The van der Waals surface area contributed by atoms with Crippen LogP contribution < -0.4 is 16.0 Å². The number of amides is 1. The molecule has 38 heavy (non-hydrogen) atoms. The molecule has 10 nitrogen and oxygen atoms in total. The van der Waals surface area contributed by atoms with Gasteiger partial charge in [0, 0.05) is 37.8 Å². The number of ketones is 2. The van der Waals surface area contributed by atoms with Gasteiger partial charge in [-0.15, -0.1) is 0 Å². The number of rotatable bonds is 5. The van der Waals surface area contributed by atoms with Gasteiger partial charge in [-0.2, -0.15) is 0 Å². The number of aliphatic hydroxyl groups is 3. The minimum atomic E-state index is -2.60. The number of benzene rings is 2. The number of hydrogen-bond acceptors (Lipinski definition) is 9. The molecule has 0 radical (unpaired) electrons. The Kier molecular flexibility index (Phi) is 6.19. The Hall–Kier alpha value is -3.89. The second-order valence-corrected chi connectivity index (χ2v) is 10.6. The number of aromatic hydroxyl groups is 1. The Morgan fingerprint density at radius 2 is 1.84 bits per heavy atom. The standard InChI is InChI=1S/C28H31N3O7/c1-31(2)18-11-17(30-12-13-6-4-3-5-7-13)23(33)21-16(18)9-14-8-15-10-19(32)22(27(29)37)26(36)28(15,38)25(35)20(14)24(21)34/h3-7,11,14-15,19,22,30,32-34,38H,8-10,12H2,1-2H3,(H2,29,37)/t14-,15+,19?,22?,28+/m1/s1. The summed E-state index contributed by atoms with van der Waals surface area (Å²) in [6.07, 6.45) is -1.19. The van der Waals surface area contributed by atoms with Crippen LogP contribution >= 0.6 is 0 Å². The maximum absolute atomic E-state index is 13.7. The smallest absolute Gasteiger partial charge is 0.230 e. The van der Waals surface area contributed by atoms with E-state index in [1.807, 2.05) is 49.3 Å². The van der Waals surface area contributed by atoms with E-state index in [-0.39, 0.29) is 36.1 Å². The van der Waals surface area contributed by atoms with E-state index in [1.54, 1.807) is 6.07 Å². The maximum atomic E-state index is 13.7. The number of carbonyl (C=O) groups excluding carboxylic acids is 3. The topological polar surface area (TPSA) is 173 Å². The molecule has 0 bridgehead atoms. The molecule has 1 amide bonds. The van der Waals surface area contributed by atoms with Gasteiger partial charge in [0.2, 0.25) is 11.7 Å². The number of anilines is 2. The molecule has 2 aromatic carbocycles. The quantitative estimate of drug-likeness (QED) is 0.250. The van der Waals surface area contributed by atoms with Gasteiger partial charge in [0.25, 0.3) is 0 Å². The number of phenolic OH excluding ortho intramolecular Hbond substituents is 1. The summed E-state index contributed by atoms with van der Waals surface area (Å²) in [5, 5.41) is 47.7. The molecular formula is C28H31N3O7. The van der Waals surface area contributed by atoms with Crippen molar-refractivity contribution in [1.82, 2.24) is 0 Å². The van der Waals surface area contributed by atoms with Crippen LogP contribution in [-0.4, -0.2) is 63.7 Å². The number of Topliss-reactive ketones (excluding diaryl/α,β-unsaturated/α-hetero) is 2. The number of fused-ring (bicyclic) bond motifs is 3.